The summed E-state index contributed by atoms with van der Waals surface area (Å²) in [5.74, 6) is 0.621. The minimum absolute atomic E-state index is 0.191. The minimum atomic E-state index is -0.764. The average molecular weight is 412 g/mol. The van der Waals surface area contributed by atoms with Crippen LogP contribution in [-0.4, -0.2) is 32.7 Å². The molecule has 7 heteroatoms. The lowest BCUT2D eigenvalue weighted by molar-refractivity contribution is -0.574. The van der Waals surface area contributed by atoms with Crippen molar-refractivity contribution in [2.45, 2.75) is 70.4 Å². The molecule has 1 saturated carbocycles. The van der Waals surface area contributed by atoms with Crippen LogP contribution < -0.4 is 0 Å². The van der Waals surface area contributed by atoms with Gasteiger partial charge in [0.1, 0.15) is 5.69 Å². The van der Waals surface area contributed by atoms with Crippen molar-refractivity contribution in [1.82, 2.24) is 15.0 Å². The molecule has 1 aliphatic carbocycles. The highest BCUT2D eigenvalue weighted by atomic mass is 17.3. The van der Waals surface area contributed by atoms with E-state index in [9.17, 15) is 0 Å². The highest BCUT2D eigenvalue weighted by Crippen LogP contribution is 2.61. The van der Waals surface area contributed by atoms with E-state index in [1.807, 2.05) is 48.1 Å². The maximum absolute atomic E-state index is 6.63. The number of rotatable bonds is 2. The molecule has 1 unspecified atom stereocenters. The highest BCUT2D eigenvalue weighted by molar-refractivity contribution is 5.57. The monoisotopic (exact) mass is 411 g/mol. The van der Waals surface area contributed by atoms with Crippen molar-refractivity contribution in [3.63, 3.8) is 0 Å². The van der Waals surface area contributed by atoms with Crippen molar-refractivity contribution in [3.8, 4) is 11.3 Å². The molecule has 7 nitrogen and oxygen atoms in total. The molecule has 1 spiro atoms. The summed E-state index contributed by atoms with van der Waals surface area (Å²) in [6.07, 6.45) is 5.36. The van der Waals surface area contributed by atoms with Crippen LogP contribution in [0.2, 0.25) is 0 Å². The first-order valence-corrected chi connectivity index (χ1v) is 11.2. The number of nitrogens with zero attached hydrogens (tertiary/aromatic N) is 3. The van der Waals surface area contributed by atoms with Crippen LogP contribution >= 0.6 is 0 Å². The number of ether oxygens (including phenoxy) is 2. The second-order valence-corrected chi connectivity index (χ2v) is 9.75. The van der Waals surface area contributed by atoms with E-state index < -0.39 is 17.7 Å². The van der Waals surface area contributed by atoms with Crippen LogP contribution in [-0.2, 0) is 19.2 Å². The maximum Gasteiger partial charge on any atom is 0.201 e. The van der Waals surface area contributed by atoms with Gasteiger partial charge in [-0.2, -0.15) is 0 Å². The van der Waals surface area contributed by atoms with E-state index in [4.69, 9.17) is 19.2 Å². The molecule has 4 aliphatic heterocycles. The molecule has 0 radical (unpaired) electrons. The lowest BCUT2D eigenvalue weighted by Crippen LogP contribution is -2.69. The Morgan fingerprint density at radius 1 is 1.03 bits per heavy atom. The number of fused-ring (bicyclic) bond motifs is 2. The molecule has 5 fully saturated rings. The van der Waals surface area contributed by atoms with Crippen LogP contribution in [0.4, 0.5) is 0 Å². The summed E-state index contributed by atoms with van der Waals surface area (Å²) in [7, 11) is 0. The van der Waals surface area contributed by atoms with E-state index in [1.165, 1.54) is 6.42 Å². The van der Waals surface area contributed by atoms with E-state index in [2.05, 4.69) is 24.2 Å². The summed E-state index contributed by atoms with van der Waals surface area (Å²) in [6, 6.07) is 10.1. The smallest absolute Gasteiger partial charge is 0.201 e. The van der Waals surface area contributed by atoms with Crippen molar-refractivity contribution in [1.29, 1.82) is 0 Å². The summed E-state index contributed by atoms with van der Waals surface area (Å²) >= 11 is 0. The fraction of sp³-hybridized carbons (Fsp3) is 0.652. The molecule has 2 aromatic rings. The lowest BCUT2D eigenvalue weighted by atomic mass is 9.58. The normalized spacial score (nSPS) is 45.0. The van der Waals surface area contributed by atoms with Crippen LogP contribution in [0.1, 0.15) is 52.7 Å². The molecule has 0 N–H and O–H groups in total. The Hall–Kier alpha value is -1.80. The zero-order valence-corrected chi connectivity index (χ0v) is 17.7. The molecule has 1 aromatic heterocycles. The first-order chi connectivity index (χ1) is 14.5. The fourth-order valence-electron chi connectivity index (χ4n) is 6.33. The minimum Gasteiger partial charge on any atom is -0.324 e. The van der Waals surface area contributed by atoms with Gasteiger partial charge in [0.25, 0.3) is 0 Å². The first-order valence-electron chi connectivity index (χ1n) is 11.2. The molecule has 5 aliphatic rings. The largest absolute Gasteiger partial charge is 0.324 e. The summed E-state index contributed by atoms with van der Waals surface area (Å²) < 4.78 is 14.9. The molecule has 4 saturated heterocycles. The summed E-state index contributed by atoms with van der Waals surface area (Å²) in [5, 5.41) is 8.85. The van der Waals surface area contributed by atoms with Gasteiger partial charge in [0.15, 0.2) is 18.1 Å². The van der Waals surface area contributed by atoms with Gasteiger partial charge in [0.2, 0.25) is 5.79 Å². The van der Waals surface area contributed by atoms with Gasteiger partial charge in [-0.1, -0.05) is 49.4 Å². The second kappa shape index (κ2) is 6.60. The topological polar surface area (TPSA) is 67.6 Å². The average Bonchev–Trinajstić information content (AvgIpc) is 3.13. The van der Waals surface area contributed by atoms with E-state index in [0.717, 1.165) is 30.5 Å². The van der Waals surface area contributed by atoms with Crippen molar-refractivity contribution in [3.05, 3.63) is 36.5 Å². The molecule has 2 bridgehead atoms. The quantitative estimate of drug-likeness (QED) is 0.686. The standard InChI is InChI=1S/C23H29N3O4/c1-14-9-10-18-15(2)20(26-13-19(24-25-26)16-7-5-4-6-8-16)27-21-23(18)17(14)11-12-22(3,28-21)29-30-23/h4-8,13-15,17-18,20-21H,9-12H2,1-3H3/t14-,15-,17+,18+,20-,21-,22?,23-/m1/s1. The Morgan fingerprint density at radius 3 is 2.70 bits per heavy atom. The Morgan fingerprint density at radius 2 is 1.87 bits per heavy atom. The fourth-order valence-corrected chi connectivity index (χ4v) is 6.33. The molecular weight excluding hydrogens is 382 g/mol. The number of benzene rings is 1. The van der Waals surface area contributed by atoms with E-state index in [-0.39, 0.29) is 18.1 Å². The Bertz CT molecular complexity index is 936. The van der Waals surface area contributed by atoms with E-state index >= 15 is 0 Å². The van der Waals surface area contributed by atoms with Gasteiger partial charge in [0, 0.05) is 23.8 Å². The zero-order valence-electron chi connectivity index (χ0n) is 17.7. The molecule has 8 atom stereocenters. The molecule has 160 valence electrons. The number of aromatic nitrogens is 3. The Balaban J connectivity index is 1.38. The number of hydrogen-bond acceptors (Lipinski definition) is 6. The Labute approximate surface area is 176 Å². The van der Waals surface area contributed by atoms with Crippen molar-refractivity contribution >= 4 is 0 Å². The highest BCUT2D eigenvalue weighted by Gasteiger charge is 2.69. The van der Waals surface area contributed by atoms with Gasteiger partial charge in [-0.25, -0.2) is 14.5 Å². The van der Waals surface area contributed by atoms with Crippen LogP contribution in [0, 0.1) is 23.7 Å². The van der Waals surface area contributed by atoms with Gasteiger partial charge in [-0.3, -0.25) is 0 Å². The van der Waals surface area contributed by atoms with Crippen LogP contribution in [0.15, 0.2) is 36.5 Å². The molecule has 30 heavy (non-hydrogen) atoms. The van der Waals surface area contributed by atoms with Gasteiger partial charge >= 0.3 is 0 Å². The predicted molar refractivity (Wildman–Crippen MR) is 108 cm³/mol. The summed E-state index contributed by atoms with van der Waals surface area (Å²) in [5.41, 5.74) is 1.34. The predicted octanol–water partition coefficient (Wildman–Crippen LogP) is 4.33. The molecule has 0 amide bonds. The zero-order chi connectivity index (χ0) is 20.5. The second-order valence-electron chi connectivity index (χ2n) is 9.75. The van der Waals surface area contributed by atoms with Crippen LogP contribution in [0.3, 0.4) is 0 Å². The van der Waals surface area contributed by atoms with Gasteiger partial charge in [-0.15, -0.1) is 5.10 Å². The molecule has 1 aromatic carbocycles. The molecular formula is C23H29N3O4. The van der Waals surface area contributed by atoms with E-state index in [1.54, 1.807) is 0 Å². The van der Waals surface area contributed by atoms with Gasteiger partial charge in [0.05, 0.1) is 6.20 Å². The summed E-state index contributed by atoms with van der Waals surface area (Å²) in [4.78, 5) is 12.1. The maximum atomic E-state index is 6.63. The third-order valence-corrected chi connectivity index (χ3v) is 7.96. The third kappa shape index (κ3) is 2.59. The number of hydrogen-bond donors (Lipinski definition) is 0. The lowest BCUT2D eigenvalue weighted by Gasteiger charge is -2.60. The molecule has 7 rings (SSSR count). The van der Waals surface area contributed by atoms with Crippen LogP contribution in [0.5, 0.6) is 0 Å². The van der Waals surface area contributed by atoms with Crippen LogP contribution in [0.25, 0.3) is 11.3 Å². The first kappa shape index (κ1) is 18.9. The van der Waals surface area contributed by atoms with Gasteiger partial charge in [-0.05, 0) is 38.0 Å². The Kier molecular flexibility index (Phi) is 4.16. The van der Waals surface area contributed by atoms with Gasteiger partial charge < -0.3 is 9.47 Å². The van der Waals surface area contributed by atoms with Crippen molar-refractivity contribution < 1.29 is 19.2 Å². The van der Waals surface area contributed by atoms with Crippen molar-refractivity contribution in [2.24, 2.45) is 23.7 Å². The third-order valence-electron chi connectivity index (χ3n) is 7.96. The molecule has 5 heterocycles. The summed E-state index contributed by atoms with van der Waals surface area (Å²) in [6.45, 7) is 6.52. The van der Waals surface area contributed by atoms with E-state index in [0.29, 0.717) is 11.8 Å². The SMILES string of the molecule is C[C@H]1[C@H](n2cc(-c3ccccc3)nn2)O[C@@H]2OC3(C)CC[C@H]4[C@H](C)CC[C@@H]1[C@@]24OO3. The van der Waals surface area contributed by atoms with Crippen molar-refractivity contribution in [2.75, 3.05) is 0 Å².